The molecular weight excluding hydrogens is 1100 g/mol. The van der Waals surface area contributed by atoms with Crippen molar-refractivity contribution in [3.63, 3.8) is 0 Å². The van der Waals surface area contributed by atoms with Crippen LogP contribution in [0.4, 0.5) is 25.7 Å². The van der Waals surface area contributed by atoms with Gasteiger partial charge in [-0.15, -0.1) is 28.2 Å². The van der Waals surface area contributed by atoms with Gasteiger partial charge in [0.15, 0.2) is 45.2 Å². The maximum atomic E-state index is 14.4. The number of rotatable bonds is 14. The number of thiazole rings is 1. The van der Waals surface area contributed by atoms with Crippen molar-refractivity contribution in [2.24, 2.45) is 5.16 Å². The highest BCUT2D eigenvalue weighted by molar-refractivity contribution is 8.00. The fourth-order valence-electron chi connectivity index (χ4n) is 10.4. The van der Waals surface area contributed by atoms with Gasteiger partial charge in [-0.05, 0) is 44.0 Å². The zero-order valence-corrected chi connectivity index (χ0v) is 45.1. The Labute approximate surface area is 458 Å². The van der Waals surface area contributed by atoms with Gasteiger partial charge in [-0.3, -0.25) is 33.7 Å². The summed E-state index contributed by atoms with van der Waals surface area (Å²) >= 11 is 2.53. The number of hydrogen-bond acceptors (Lipinski definition) is 21. The summed E-state index contributed by atoms with van der Waals surface area (Å²) in [5.41, 5.74) is 9.64. The van der Waals surface area contributed by atoms with Crippen LogP contribution >= 0.6 is 23.1 Å². The van der Waals surface area contributed by atoms with Crippen molar-refractivity contribution >= 4 is 96.8 Å². The van der Waals surface area contributed by atoms with Crippen molar-refractivity contribution in [1.82, 2.24) is 40.4 Å². The molecule has 6 aliphatic heterocycles. The Bertz CT molecular complexity index is 3260. The molecule has 0 bridgehead atoms. The molecule has 4 aromatic rings. The minimum atomic E-state index is -3.80. The Morgan fingerprint density at radius 3 is 2.56 bits per heavy atom. The highest BCUT2D eigenvalue weighted by Gasteiger charge is 2.70. The second-order valence-electron chi connectivity index (χ2n) is 19.2. The van der Waals surface area contributed by atoms with Crippen molar-refractivity contribution in [3.8, 4) is 0 Å². The smallest absolute Gasteiger partial charge is 0.414 e. The first kappa shape index (κ1) is 56.0. The van der Waals surface area contributed by atoms with Crippen LogP contribution in [0.25, 0.3) is 0 Å². The second-order valence-corrected chi connectivity index (χ2v) is 23.8. The minimum Gasteiger partial charge on any atom is -0.543 e. The standard InChI is InChI=1S/C22H22N6O5S2.C16H20FN3O4.C10H12N4O5S/c1-33-26-15(13-10-35-22(23)24-13)18(29)25-16-19(30)28-17(21(31)32)12(9-34-20(16)28)8-27-7-3-5-11-4-2-6-14(11)27;1-11(21)18-9-13-10-20(16(22)24-13)12-2-3-15(14(17)8-12)19-4-6-23-7-5-19;1-10(5-13-3-2-11-12-13)8(9(16)17)14-6(15)4-7(14)20(10,18)19/h3,5,7,10,16,20H,2,4,6,8-9H2,1H3,(H3-,23,24,25,29,31,32);2-3,8,13H,4-7,9-10H2,1H3,(H,18,21);2-3,7-8H,4-5H2,1H3,(H,16,17)/b26-15-;;/t16-,20-;13-;7-,8+,10+/m101/s1. The van der Waals surface area contributed by atoms with Crippen LogP contribution in [0, 0.1) is 5.82 Å². The Morgan fingerprint density at radius 2 is 1.91 bits per heavy atom. The number of nitrogens with zero attached hydrogens (tertiary/aromatic N) is 10. The Balaban J connectivity index is 0.000000151. The van der Waals surface area contributed by atoms with E-state index in [9.17, 15) is 56.6 Å². The van der Waals surface area contributed by atoms with Gasteiger partial charge in [0.1, 0.15) is 46.3 Å². The summed E-state index contributed by atoms with van der Waals surface area (Å²) in [7, 11) is -2.51. The van der Waals surface area contributed by atoms with E-state index in [0.29, 0.717) is 55.5 Å². The van der Waals surface area contributed by atoms with Crippen molar-refractivity contribution in [3.05, 3.63) is 88.3 Å². The van der Waals surface area contributed by atoms with Crippen LogP contribution in [0.1, 0.15) is 43.6 Å². The molecule has 5 amide bonds. The summed E-state index contributed by atoms with van der Waals surface area (Å²) < 4.78 is 51.7. The molecule has 7 aliphatic rings. The van der Waals surface area contributed by atoms with Gasteiger partial charge in [-0.25, -0.2) is 27.4 Å². The number of thioether (sulfide) groups is 1. The quantitative estimate of drug-likeness (QED) is 0.0486. The molecule has 1 aliphatic carbocycles. The van der Waals surface area contributed by atoms with Gasteiger partial charge in [0.2, 0.25) is 11.8 Å². The number of cyclic esters (lactones) is 1. The number of carboxylic acids is 2. The molecule has 5 fully saturated rings. The van der Waals surface area contributed by atoms with Crippen LogP contribution in [0.15, 0.2) is 70.7 Å². The third-order valence-electron chi connectivity index (χ3n) is 14.2. The van der Waals surface area contributed by atoms with E-state index in [4.69, 9.17) is 20.0 Å². The SMILES string of the molecule is CC(=O)NC[C@H]1CN(c2ccc(N3CCOCC3)c(F)c2)C(=O)O1.CO/N=C(\C(=O)N[C@@H]1C(=O)N2C(C(=O)[O-])=C(C[n+]3cccc4c3CCC4)CS[C@H]12)c1csc(N)n1.C[C@]1(Cn2ccnn2)[C@H](C(=O)O)N2C(=O)C[C@H]2S1(=O)=O. The zero-order chi connectivity index (χ0) is 56.5. The summed E-state index contributed by atoms with van der Waals surface area (Å²) in [6, 6.07) is 6.44. The normalized spacial score (nSPS) is 24.6. The molecule has 27 nitrogen and oxygen atoms in total. The van der Waals surface area contributed by atoms with Crippen molar-refractivity contribution in [2.75, 3.05) is 67.8 Å². The van der Waals surface area contributed by atoms with Crippen LogP contribution in [0.3, 0.4) is 0 Å². The average Bonchev–Trinajstić information content (AvgIpc) is 2.98. The maximum absolute atomic E-state index is 14.4. The number of hydrogen-bond donors (Lipinski definition) is 4. The fourth-order valence-corrected chi connectivity index (χ4v) is 14.7. The lowest BCUT2D eigenvalue weighted by Gasteiger charge is -2.50. The second kappa shape index (κ2) is 22.9. The molecule has 9 heterocycles. The van der Waals surface area contributed by atoms with Crippen LogP contribution in [0.2, 0.25) is 0 Å². The summed E-state index contributed by atoms with van der Waals surface area (Å²) in [6.45, 7) is 5.89. The molecule has 0 spiro atoms. The van der Waals surface area contributed by atoms with Crippen molar-refractivity contribution in [1.29, 1.82) is 0 Å². The number of carboxylic acid groups (broad SMARTS) is 2. The Kier molecular flexibility index (Phi) is 16.2. The number of carbonyl (C=O) groups is 7. The van der Waals surface area contributed by atoms with Gasteiger partial charge in [-0.1, -0.05) is 10.4 Å². The third kappa shape index (κ3) is 11.0. The third-order valence-corrected chi connectivity index (χ3v) is 19.0. The Hall–Kier alpha value is -7.77. The number of morpholine rings is 1. The topological polar surface area (TPSA) is 347 Å². The largest absolute Gasteiger partial charge is 0.543 e. The highest BCUT2D eigenvalue weighted by Crippen LogP contribution is 2.47. The number of amides is 5. The van der Waals surface area contributed by atoms with E-state index >= 15 is 0 Å². The minimum absolute atomic E-state index is 0.120. The van der Waals surface area contributed by atoms with E-state index < -0.39 is 79.3 Å². The summed E-state index contributed by atoms with van der Waals surface area (Å²) in [4.78, 5) is 98.2. The van der Waals surface area contributed by atoms with Crippen molar-refractivity contribution in [2.45, 2.75) is 86.3 Å². The Morgan fingerprint density at radius 1 is 1.14 bits per heavy atom. The van der Waals surface area contributed by atoms with Crippen LogP contribution in [-0.4, -0.2) is 177 Å². The number of β-lactam (4-membered cyclic amide) rings is 2. The molecule has 11 rings (SSSR count). The van der Waals surface area contributed by atoms with Gasteiger partial charge in [0.05, 0.1) is 68.5 Å². The lowest BCUT2D eigenvalue weighted by Crippen LogP contribution is -2.71. The number of benzene rings is 1. The number of ether oxygens (including phenoxy) is 2. The molecule has 79 heavy (non-hydrogen) atoms. The zero-order valence-electron chi connectivity index (χ0n) is 42.7. The number of nitrogens with two attached hydrogens (primary N) is 1. The number of sulfone groups is 1. The molecular formula is C48H54FN13O14S3. The predicted molar refractivity (Wildman–Crippen MR) is 276 cm³/mol. The summed E-state index contributed by atoms with van der Waals surface area (Å²) in [6.07, 6.45) is 6.64. The number of pyridine rings is 1. The number of aryl methyl sites for hydroxylation is 1. The molecule has 31 heteroatoms. The predicted octanol–water partition coefficient (Wildman–Crippen LogP) is -1.44. The number of carbonyl (C=O) groups excluding carboxylic acids is 6. The van der Waals surface area contributed by atoms with E-state index in [1.165, 1.54) is 76.9 Å². The first-order valence-electron chi connectivity index (χ1n) is 24.7. The van der Waals surface area contributed by atoms with E-state index in [0.717, 1.165) is 35.5 Å². The van der Waals surface area contributed by atoms with Gasteiger partial charge >= 0.3 is 12.1 Å². The average molecular weight is 1150 g/mol. The van der Waals surface area contributed by atoms with Gasteiger partial charge < -0.3 is 55.5 Å². The molecule has 0 radical (unpaired) electrons. The van der Waals surface area contributed by atoms with E-state index in [1.807, 2.05) is 17.2 Å². The first-order valence-corrected chi connectivity index (χ1v) is 28.2. The van der Waals surface area contributed by atoms with Gasteiger partial charge in [0.25, 0.3) is 11.8 Å². The number of oxime groups is 1. The van der Waals surface area contributed by atoms with Crippen LogP contribution < -0.4 is 35.8 Å². The molecule has 5 N–H and O–H groups in total. The van der Waals surface area contributed by atoms with Gasteiger partial charge in [-0.2, -0.15) is 4.57 Å². The summed E-state index contributed by atoms with van der Waals surface area (Å²) in [5.74, 6) is -4.56. The lowest BCUT2D eigenvalue weighted by atomic mass is 9.96. The molecule has 6 atom stereocenters. The number of halogens is 1. The fraction of sp³-hybridized carbons (Fsp3) is 0.458. The van der Waals surface area contributed by atoms with Crippen LogP contribution in [-0.2, 0) is 78.8 Å². The molecule has 5 saturated heterocycles. The number of fused-ring (bicyclic) bond motifs is 3. The number of aliphatic carboxylic acids is 2. The highest BCUT2D eigenvalue weighted by atomic mass is 32.2. The maximum Gasteiger partial charge on any atom is 0.414 e. The monoisotopic (exact) mass is 1150 g/mol. The molecule has 3 aromatic heterocycles. The summed E-state index contributed by atoms with van der Waals surface area (Å²) in [5, 5.41) is 37.9. The van der Waals surface area contributed by atoms with E-state index in [-0.39, 0.29) is 60.0 Å². The number of anilines is 3. The van der Waals surface area contributed by atoms with E-state index in [1.54, 1.807) is 17.5 Å². The van der Waals surface area contributed by atoms with Gasteiger partial charge in [0, 0.05) is 61.0 Å². The van der Waals surface area contributed by atoms with E-state index in [2.05, 4.69) is 41.7 Å². The number of aromatic nitrogens is 5. The number of nitrogens with one attached hydrogen (secondary N) is 2. The van der Waals surface area contributed by atoms with Crippen molar-refractivity contribution < 1.29 is 75.5 Å². The number of nitrogen functional groups attached to an aromatic ring is 1. The lowest BCUT2D eigenvalue weighted by molar-refractivity contribution is -0.696. The molecule has 1 aromatic carbocycles. The molecule has 0 unspecified atom stereocenters. The molecule has 0 saturated carbocycles. The first-order chi connectivity index (χ1) is 37.7. The molecule has 420 valence electrons. The van der Waals surface area contributed by atoms with Crippen LogP contribution in [0.5, 0.6) is 0 Å².